The Kier molecular flexibility index (Phi) is 30.1. The molecule has 0 atom stereocenters. The molecular formula is C10H22Cu2N2O2S2. The van der Waals surface area contributed by atoms with Gasteiger partial charge in [-0.1, -0.05) is 51.9 Å². The number of nitrogens with two attached hydrogens (primary N) is 1. The predicted octanol–water partition coefficient (Wildman–Crippen LogP) is 2.93. The summed E-state index contributed by atoms with van der Waals surface area (Å²) in [5.41, 5.74) is 4.34. The molecule has 0 aliphatic heterocycles. The summed E-state index contributed by atoms with van der Waals surface area (Å²) in [4.78, 5) is 21.8. The number of carbonyl (C=O) groups excluding carboxylic acids is 2. The zero-order valence-electron chi connectivity index (χ0n) is 10.6. The van der Waals surface area contributed by atoms with Crippen molar-refractivity contribution in [3.63, 3.8) is 0 Å². The number of nitrogens with zero attached hydrogens (tertiary/aromatic N) is 1. The summed E-state index contributed by atoms with van der Waals surface area (Å²) in [5, 5.41) is -0.725. The van der Waals surface area contributed by atoms with Crippen LogP contribution in [0.15, 0.2) is 0 Å². The van der Waals surface area contributed by atoms with Gasteiger partial charge in [-0.25, -0.2) is 0 Å². The second-order valence-electron chi connectivity index (χ2n) is 3.31. The monoisotopic (exact) mass is 392 g/mol. The molecule has 18 heavy (non-hydrogen) atoms. The van der Waals surface area contributed by atoms with E-state index in [2.05, 4.69) is 44.8 Å². The summed E-state index contributed by atoms with van der Waals surface area (Å²) in [5.74, 6) is 0. The van der Waals surface area contributed by atoms with Crippen molar-refractivity contribution in [1.82, 2.24) is 4.90 Å². The van der Waals surface area contributed by atoms with Crippen molar-refractivity contribution in [3.8, 4) is 0 Å². The molecule has 0 rings (SSSR count). The van der Waals surface area contributed by atoms with Crippen molar-refractivity contribution in [2.24, 2.45) is 5.73 Å². The Morgan fingerprint density at radius 2 is 1.28 bits per heavy atom. The number of hydrogen-bond donors (Lipinski definition) is 3. The van der Waals surface area contributed by atoms with Crippen LogP contribution in [-0.4, -0.2) is 28.5 Å². The zero-order chi connectivity index (χ0) is 13.0. The van der Waals surface area contributed by atoms with Crippen LogP contribution < -0.4 is 5.73 Å². The molecular weight excluding hydrogens is 371 g/mol. The first-order valence-electron chi connectivity index (χ1n) is 5.41. The Hall–Kier alpha value is 0.679. The van der Waals surface area contributed by atoms with E-state index >= 15 is 0 Å². The van der Waals surface area contributed by atoms with Gasteiger partial charge in [0.2, 0.25) is 0 Å². The van der Waals surface area contributed by atoms with Crippen LogP contribution in [-0.2, 0) is 34.1 Å². The van der Waals surface area contributed by atoms with Gasteiger partial charge in [0.1, 0.15) is 0 Å². The molecule has 0 aliphatic rings. The maximum atomic E-state index is 10.9. The molecule has 2 N–H and O–H groups in total. The standard InChI is InChI=1S/C9H19NOS.CH3NOS.2Cu/c1-3-5-7-10(9(11)12)8-6-4-2;2-1(3)4;;/h3-8H2,1-2H3,(H,11,12);(H3,2,3,4);;. The first-order chi connectivity index (χ1) is 7.45. The van der Waals surface area contributed by atoms with Gasteiger partial charge >= 0.3 is 0 Å². The average Bonchev–Trinajstić information content (AvgIpc) is 2.16. The molecule has 0 saturated heterocycles. The number of hydrogen-bond acceptors (Lipinski definition) is 2. The molecule has 0 spiro atoms. The van der Waals surface area contributed by atoms with Crippen LogP contribution in [0.4, 0.5) is 9.59 Å². The smallest absolute Gasteiger partial charge is 0.278 e. The second-order valence-corrected chi connectivity index (χ2v) is 4.14. The van der Waals surface area contributed by atoms with Crippen LogP contribution in [0, 0.1) is 0 Å². The number of rotatable bonds is 6. The molecule has 118 valence electrons. The van der Waals surface area contributed by atoms with E-state index in [1.54, 1.807) is 0 Å². The normalized spacial score (nSPS) is 8.00. The Morgan fingerprint density at radius 3 is 1.44 bits per heavy atom. The Balaban J connectivity index is -0.000000143. The first kappa shape index (κ1) is 27.1. The van der Waals surface area contributed by atoms with E-state index in [0.717, 1.165) is 38.8 Å². The van der Waals surface area contributed by atoms with Crippen molar-refractivity contribution >= 4 is 35.7 Å². The number of amides is 2. The molecule has 0 saturated carbocycles. The average molecular weight is 394 g/mol. The predicted molar refractivity (Wildman–Crippen MR) is 74.3 cm³/mol. The van der Waals surface area contributed by atoms with Crippen LogP contribution in [0.2, 0.25) is 0 Å². The molecule has 0 aromatic rings. The molecule has 0 heterocycles. The fourth-order valence-electron chi connectivity index (χ4n) is 1.00. The number of primary amides is 1. The van der Waals surface area contributed by atoms with Crippen LogP contribution in [0.3, 0.4) is 0 Å². The van der Waals surface area contributed by atoms with Crippen LogP contribution in [0.5, 0.6) is 0 Å². The van der Waals surface area contributed by atoms with Gasteiger partial charge < -0.3 is 10.6 Å². The van der Waals surface area contributed by atoms with Crippen LogP contribution >= 0.6 is 25.3 Å². The summed E-state index contributed by atoms with van der Waals surface area (Å²) < 4.78 is 0. The largest absolute Gasteiger partial charge is 0.361 e. The molecule has 2 radical (unpaired) electrons. The Labute approximate surface area is 142 Å². The van der Waals surface area contributed by atoms with Gasteiger partial charge in [0.15, 0.2) is 0 Å². The van der Waals surface area contributed by atoms with Gasteiger partial charge in [0.05, 0.1) is 0 Å². The van der Waals surface area contributed by atoms with Crippen molar-refractivity contribution in [1.29, 1.82) is 0 Å². The molecule has 0 aliphatic carbocycles. The van der Waals surface area contributed by atoms with E-state index in [1.165, 1.54) is 0 Å². The van der Waals surface area contributed by atoms with Gasteiger partial charge in [-0.15, -0.1) is 0 Å². The Bertz CT molecular complexity index is 198. The minimum atomic E-state index is -0.639. The topological polar surface area (TPSA) is 63.4 Å². The van der Waals surface area contributed by atoms with E-state index in [4.69, 9.17) is 4.79 Å². The number of unbranched alkanes of at least 4 members (excludes halogenated alkanes) is 2. The number of thiol groups is 2. The van der Waals surface area contributed by atoms with Crippen LogP contribution in [0.1, 0.15) is 39.5 Å². The maximum absolute atomic E-state index is 10.9. The van der Waals surface area contributed by atoms with E-state index in [1.807, 2.05) is 4.90 Å². The van der Waals surface area contributed by atoms with Crippen molar-refractivity contribution < 1.29 is 43.7 Å². The van der Waals surface area contributed by atoms with Crippen LogP contribution in [0.25, 0.3) is 0 Å². The summed E-state index contributed by atoms with van der Waals surface area (Å²) in [6, 6.07) is 0. The minimum absolute atomic E-state index is 0. The molecule has 0 bridgehead atoms. The summed E-state index contributed by atoms with van der Waals surface area (Å²) in [7, 11) is 0. The van der Waals surface area contributed by atoms with Crippen molar-refractivity contribution in [2.75, 3.05) is 13.1 Å². The minimum Gasteiger partial charge on any atom is -0.361 e. The quantitative estimate of drug-likeness (QED) is 0.480. The van der Waals surface area contributed by atoms with Gasteiger partial charge in [-0.2, -0.15) is 0 Å². The molecule has 4 nitrogen and oxygen atoms in total. The summed E-state index contributed by atoms with van der Waals surface area (Å²) in [6.45, 7) is 5.97. The molecule has 0 fully saturated rings. The molecule has 8 heteroatoms. The number of carbonyl (C=O) groups is 2. The maximum Gasteiger partial charge on any atom is 0.278 e. The first-order valence-corrected chi connectivity index (χ1v) is 6.31. The van der Waals surface area contributed by atoms with Gasteiger partial charge in [-0.3, -0.25) is 9.59 Å². The Morgan fingerprint density at radius 1 is 1.00 bits per heavy atom. The van der Waals surface area contributed by atoms with Crippen molar-refractivity contribution in [2.45, 2.75) is 39.5 Å². The molecule has 0 aromatic heterocycles. The van der Waals surface area contributed by atoms with E-state index in [-0.39, 0.29) is 39.4 Å². The molecule has 0 unspecified atom stereocenters. The fourth-order valence-corrected chi connectivity index (χ4v) is 1.20. The summed E-state index contributed by atoms with van der Waals surface area (Å²) >= 11 is 6.93. The van der Waals surface area contributed by atoms with Crippen molar-refractivity contribution in [3.05, 3.63) is 0 Å². The second kappa shape index (κ2) is 20.0. The third-order valence-corrected chi connectivity index (χ3v) is 2.12. The van der Waals surface area contributed by atoms with Gasteiger partial charge in [-0.05, 0) is 12.8 Å². The zero-order valence-corrected chi connectivity index (χ0v) is 14.3. The SMILES string of the molecule is CCCCN(CCCC)C(=O)S.NC(=O)S.[Cu].[Cu]. The fraction of sp³-hybridized carbons (Fsp3) is 0.800. The van der Waals surface area contributed by atoms with Gasteiger partial charge in [0, 0.05) is 47.2 Å². The van der Waals surface area contributed by atoms with E-state index < -0.39 is 5.24 Å². The third kappa shape index (κ3) is 25.5. The molecule has 2 amide bonds. The van der Waals surface area contributed by atoms with E-state index in [0.29, 0.717) is 0 Å². The summed E-state index contributed by atoms with van der Waals surface area (Å²) in [6.07, 6.45) is 4.42. The third-order valence-electron chi connectivity index (χ3n) is 1.83. The molecule has 0 aromatic carbocycles. The van der Waals surface area contributed by atoms with E-state index in [9.17, 15) is 4.79 Å². The van der Waals surface area contributed by atoms with Gasteiger partial charge in [0.25, 0.3) is 10.5 Å².